The zero-order chi connectivity index (χ0) is 18.5. The van der Waals surface area contributed by atoms with Crippen molar-refractivity contribution in [3.05, 3.63) is 34.9 Å². The van der Waals surface area contributed by atoms with Gasteiger partial charge in [-0.2, -0.15) is 0 Å². The Kier molecular flexibility index (Phi) is 6.27. The molecule has 0 aliphatic carbocycles. The first-order chi connectivity index (χ1) is 12.5. The number of nitrogens with one attached hydrogen (secondary N) is 1. The summed E-state index contributed by atoms with van der Waals surface area (Å²) < 4.78 is 5.45. The number of benzene rings is 1. The summed E-state index contributed by atoms with van der Waals surface area (Å²) in [5, 5.41) is 0. The number of rotatable bonds is 4. The van der Waals surface area contributed by atoms with Gasteiger partial charge in [0.15, 0.2) is 6.29 Å². The molecule has 0 radical (unpaired) electrons. The topological polar surface area (TPSA) is 67.9 Å². The van der Waals surface area contributed by atoms with Gasteiger partial charge in [-0.15, -0.1) is 0 Å². The Bertz CT molecular complexity index is 635. The summed E-state index contributed by atoms with van der Waals surface area (Å²) >= 11 is 0. The van der Waals surface area contributed by atoms with Gasteiger partial charge in [-0.05, 0) is 51.7 Å². The van der Waals surface area contributed by atoms with E-state index in [1.807, 2.05) is 32.0 Å². The number of hydrogen-bond acceptors (Lipinski definition) is 4. The first kappa shape index (κ1) is 18.9. The molecule has 2 amide bonds. The number of piperidine rings is 1. The predicted molar refractivity (Wildman–Crippen MR) is 97.4 cm³/mol. The van der Waals surface area contributed by atoms with Crippen LogP contribution in [0.5, 0.6) is 0 Å². The molecule has 2 saturated heterocycles. The lowest BCUT2D eigenvalue weighted by molar-refractivity contribution is -0.202. The second-order valence-corrected chi connectivity index (χ2v) is 7.35. The van der Waals surface area contributed by atoms with E-state index in [9.17, 15) is 9.59 Å². The molecule has 26 heavy (non-hydrogen) atoms. The monoisotopic (exact) mass is 360 g/mol. The van der Waals surface area contributed by atoms with Crippen molar-refractivity contribution in [1.82, 2.24) is 10.4 Å². The van der Waals surface area contributed by atoms with Gasteiger partial charge in [0.25, 0.3) is 5.91 Å². The van der Waals surface area contributed by atoms with Crippen molar-refractivity contribution < 1.29 is 19.2 Å². The molecule has 1 N–H and O–H groups in total. The van der Waals surface area contributed by atoms with Gasteiger partial charge in [-0.1, -0.05) is 17.2 Å². The molecule has 2 atom stereocenters. The van der Waals surface area contributed by atoms with Crippen LogP contribution in [0.2, 0.25) is 0 Å². The molecule has 0 bridgehead atoms. The highest BCUT2D eigenvalue weighted by atomic mass is 16.8. The highest BCUT2D eigenvalue weighted by molar-refractivity contribution is 5.95. The van der Waals surface area contributed by atoms with Crippen LogP contribution in [0.25, 0.3) is 0 Å². The number of amides is 2. The Morgan fingerprint density at radius 2 is 1.88 bits per heavy atom. The molecule has 0 unspecified atom stereocenters. The Morgan fingerprint density at radius 3 is 2.58 bits per heavy atom. The number of carbonyl (C=O) groups excluding carboxylic acids is 2. The summed E-state index contributed by atoms with van der Waals surface area (Å²) in [6.07, 6.45) is 4.09. The molecule has 0 aromatic heterocycles. The third kappa shape index (κ3) is 4.83. The van der Waals surface area contributed by atoms with Crippen molar-refractivity contribution in [2.75, 3.05) is 19.7 Å². The maximum Gasteiger partial charge on any atom is 0.253 e. The number of carbonyl (C=O) groups is 2. The zero-order valence-electron chi connectivity index (χ0n) is 15.6. The summed E-state index contributed by atoms with van der Waals surface area (Å²) in [6, 6.07) is 5.86. The molecular formula is C20H28N2O4. The largest absolute Gasteiger partial charge is 0.350 e. The molecule has 142 valence electrons. The van der Waals surface area contributed by atoms with Gasteiger partial charge in [0.05, 0.1) is 5.92 Å². The van der Waals surface area contributed by atoms with E-state index >= 15 is 0 Å². The van der Waals surface area contributed by atoms with Crippen molar-refractivity contribution in [3.8, 4) is 0 Å². The molecular weight excluding hydrogens is 332 g/mol. The molecule has 3 rings (SSSR count). The van der Waals surface area contributed by atoms with E-state index in [1.165, 1.54) is 0 Å². The smallest absolute Gasteiger partial charge is 0.253 e. The van der Waals surface area contributed by atoms with E-state index in [2.05, 4.69) is 5.48 Å². The van der Waals surface area contributed by atoms with Gasteiger partial charge in [-0.3, -0.25) is 9.59 Å². The van der Waals surface area contributed by atoms with Crippen LogP contribution < -0.4 is 5.48 Å². The lowest BCUT2D eigenvalue weighted by Crippen LogP contribution is -2.46. The van der Waals surface area contributed by atoms with E-state index in [1.54, 1.807) is 4.90 Å². The minimum atomic E-state index is -0.357. The molecule has 2 aliphatic rings. The lowest BCUT2D eigenvalue weighted by atomic mass is 9.96. The zero-order valence-corrected chi connectivity index (χ0v) is 15.6. The first-order valence-corrected chi connectivity index (χ1v) is 9.47. The molecule has 2 aliphatic heterocycles. The van der Waals surface area contributed by atoms with Crippen molar-refractivity contribution >= 4 is 11.8 Å². The van der Waals surface area contributed by atoms with Gasteiger partial charge in [-0.25, -0.2) is 10.3 Å². The fraction of sp³-hybridized carbons (Fsp3) is 0.600. The Morgan fingerprint density at radius 1 is 1.12 bits per heavy atom. The highest BCUT2D eigenvalue weighted by Gasteiger charge is 2.30. The number of aryl methyl sites for hydroxylation is 2. The van der Waals surface area contributed by atoms with Gasteiger partial charge in [0, 0.05) is 31.7 Å². The number of likely N-dealkylation sites (tertiary alicyclic amines) is 1. The van der Waals surface area contributed by atoms with Crippen molar-refractivity contribution in [2.24, 2.45) is 5.92 Å². The van der Waals surface area contributed by atoms with E-state index in [0.717, 1.165) is 43.2 Å². The molecule has 1 aromatic rings. The standard InChI is InChI=1S/C20H28N2O4/c1-14-10-15(2)12-17(11-14)20(24)22-8-5-6-16(13-22)19(23)21-26-18-7-3-4-9-25-18/h10-12,16,18H,3-9,13H2,1-2H3,(H,21,23)/t16-,18+/m1/s1. The Balaban J connectivity index is 1.55. The third-order valence-electron chi connectivity index (χ3n) is 4.98. The van der Waals surface area contributed by atoms with Crippen LogP contribution in [0.1, 0.15) is 53.6 Å². The summed E-state index contributed by atoms with van der Waals surface area (Å²) in [7, 11) is 0. The van der Waals surface area contributed by atoms with Crippen molar-refractivity contribution in [3.63, 3.8) is 0 Å². The minimum Gasteiger partial charge on any atom is -0.350 e. The third-order valence-corrected chi connectivity index (χ3v) is 4.98. The minimum absolute atomic E-state index is 0.00849. The number of nitrogens with zero attached hydrogens (tertiary/aromatic N) is 1. The van der Waals surface area contributed by atoms with E-state index < -0.39 is 0 Å². The fourth-order valence-electron chi connectivity index (χ4n) is 3.67. The second kappa shape index (κ2) is 8.64. The number of hydrogen-bond donors (Lipinski definition) is 1. The summed E-state index contributed by atoms with van der Waals surface area (Å²) in [5.74, 6) is -0.426. The number of hydroxylamine groups is 1. The van der Waals surface area contributed by atoms with Crippen LogP contribution >= 0.6 is 0 Å². The van der Waals surface area contributed by atoms with Crippen LogP contribution in [-0.4, -0.2) is 42.7 Å². The molecule has 2 fully saturated rings. The molecule has 6 heteroatoms. The lowest BCUT2D eigenvalue weighted by Gasteiger charge is -2.32. The van der Waals surface area contributed by atoms with Crippen molar-refractivity contribution in [2.45, 2.75) is 52.2 Å². The molecule has 0 spiro atoms. The van der Waals surface area contributed by atoms with Crippen molar-refractivity contribution in [1.29, 1.82) is 0 Å². The van der Waals surface area contributed by atoms with Crippen LogP contribution in [0.15, 0.2) is 18.2 Å². The molecule has 1 aromatic carbocycles. The maximum absolute atomic E-state index is 12.8. The van der Waals surface area contributed by atoms with E-state index in [0.29, 0.717) is 25.3 Å². The van der Waals surface area contributed by atoms with E-state index in [4.69, 9.17) is 9.57 Å². The average Bonchev–Trinajstić information content (AvgIpc) is 2.65. The summed E-state index contributed by atoms with van der Waals surface area (Å²) in [4.78, 5) is 32.4. The second-order valence-electron chi connectivity index (χ2n) is 7.35. The normalized spacial score (nSPS) is 23.5. The quantitative estimate of drug-likeness (QED) is 0.839. The van der Waals surface area contributed by atoms with Gasteiger partial charge < -0.3 is 9.64 Å². The highest BCUT2D eigenvalue weighted by Crippen LogP contribution is 2.20. The Hall–Kier alpha value is -1.92. The summed E-state index contributed by atoms with van der Waals surface area (Å²) in [6.45, 7) is 5.75. The van der Waals surface area contributed by atoms with Crippen LogP contribution in [-0.2, 0) is 14.4 Å². The number of ether oxygens (including phenoxy) is 1. The fourth-order valence-corrected chi connectivity index (χ4v) is 3.67. The van der Waals surface area contributed by atoms with Gasteiger partial charge >= 0.3 is 0 Å². The summed E-state index contributed by atoms with van der Waals surface area (Å²) in [5.41, 5.74) is 5.37. The first-order valence-electron chi connectivity index (χ1n) is 9.47. The predicted octanol–water partition coefficient (Wildman–Crippen LogP) is 2.73. The molecule has 2 heterocycles. The van der Waals surface area contributed by atoms with Crippen LogP contribution in [0, 0.1) is 19.8 Å². The SMILES string of the molecule is Cc1cc(C)cc(C(=O)N2CCC[C@@H](C(=O)NO[C@H]3CCCCO3)C2)c1. The van der Waals surface area contributed by atoms with Crippen LogP contribution in [0.3, 0.4) is 0 Å². The van der Waals surface area contributed by atoms with E-state index in [-0.39, 0.29) is 24.0 Å². The maximum atomic E-state index is 12.8. The van der Waals surface area contributed by atoms with Gasteiger partial charge in [0.1, 0.15) is 0 Å². The average molecular weight is 360 g/mol. The molecule has 0 saturated carbocycles. The Labute approximate surface area is 154 Å². The van der Waals surface area contributed by atoms with Gasteiger partial charge in [0.2, 0.25) is 5.91 Å². The molecule has 6 nitrogen and oxygen atoms in total. The van der Waals surface area contributed by atoms with Crippen LogP contribution in [0.4, 0.5) is 0 Å².